The van der Waals surface area contributed by atoms with Gasteiger partial charge in [0.05, 0.1) is 6.10 Å². The van der Waals surface area contributed by atoms with Crippen molar-refractivity contribution in [3.05, 3.63) is 29.8 Å². The van der Waals surface area contributed by atoms with Crippen LogP contribution in [0.4, 0.5) is 0 Å². The smallest absolute Gasteiger partial charge is 0.220 e. The first-order chi connectivity index (χ1) is 11.7. The molecule has 1 aromatic carbocycles. The molecule has 0 radical (unpaired) electrons. The molecule has 3 fully saturated rings. The predicted octanol–water partition coefficient (Wildman–Crippen LogP) is 3.03. The summed E-state index contributed by atoms with van der Waals surface area (Å²) in [7, 11) is 0. The number of nitrogens with one attached hydrogen (secondary N) is 1. The van der Waals surface area contributed by atoms with E-state index in [4.69, 9.17) is 4.74 Å². The van der Waals surface area contributed by atoms with Crippen molar-refractivity contribution in [2.45, 2.75) is 57.1 Å². The van der Waals surface area contributed by atoms with Crippen molar-refractivity contribution >= 4 is 5.91 Å². The highest BCUT2D eigenvalue weighted by molar-refractivity contribution is 5.76. The van der Waals surface area contributed by atoms with Crippen molar-refractivity contribution < 1.29 is 14.6 Å². The standard InChI is InChI=1S/C20H27NO3/c22-15-7-3-4-13(12-15)8-9-17(23)21-19-16-10-11-24-20(16)18(19)14-5-1-2-6-14/h3-4,7,12,14,16,18-20,22H,1-2,5-6,8-11H2,(H,21,23)/t16-,18+,19+,20-/m0/s1. The Morgan fingerprint density at radius 2 is 2.08 bits per heavy atom. The van der Waals surface area contributed by atoms with Crippen LogP contribution in [-0.2, 0) is 16.0 Å². The summed E-state index contributed by atoms with van der Waals surface area (Å²) in [5, 5.41) is 12.8. The molecule has 0 aromatic heterocycles. The fourth-order valence-electron chi connectivity index (χ4n) is 5.09. The van der Waals surface area contributed by atoms with Crippen molar-refractivity contribution in [3.63, 3.8) is 0 Å². The van der Waals surface area contributed by atoms with Crippen molar-refractivity contribution in [1.29, 1.82) is 0 Å². The average Bonchev–Trinajstić information content (AvgIpc) is 3.22. The Morgan fingerprint density at radius 3 is 2.88 bits per heavy atom. The molecule has 1 saturated heterocycles. The van der Waals surface area contributed by atoms with Crippen LogP contribution in [0.5, 0.6) is 5.75 Å². The van der Waals surface area contributed by atoms with Crippen LogP contribution in [0.3, 0.4) is 0 Å². The van der Waals surface area contributed by atoms with Crippen molar-refractivity contribution in [3.8, 4) is 5.75 Å². The van der Waals surface area contributed by atoms with E-state index in [1.165, 1.54) is 25.7 Å². The van der Waals surface area contributed by atoms with Gasteiger partial charge in [0, 0.05) is 30.9 Å². The molecule has 2 aliphatic carbocycles. The van der Waals surface area contributed by atoms with Crippen LogP contribution < -0.4 is 5.32 Å². The fraction of sp³-hybridized carbons (Fsp3) is 0.650. The number of hydrogen-bond acceptors (Lipinski definition) is 3. The molecule has 130 valence electrons. The van der Waals surface area contributed by atoms with E-state index >= 15 is 0 Å². The zero-order chi connectivity index (χ0) is 16.5. The highest BCUT2D eigenvalue weighted by Gasteiger charge is 2.56. The van der Waals surface area contributed by atoms with Gasteiger partial charge in [0.1, 0.15) is 5.75 Å². The number of ether oxygens (including phenoxy) is 1. The minimum absolute atomic E-state index is 0.136. The first kappa shape index (κ1) is 15.9. The summed E-state index contributed by atoms with van der Waals surface area (Å²) in [6.45, 7) is 0.855. The summed E-state index contributed by atoms with van der Waals surface area (Å²) < 4.78 is 5.95. The molecule has 3 aliphatic rings. The van der Waals surface area contributed by atoms with E-state index in [-0.39, 0.29) is 11.7 Å². The Balaban J connectivity index is 1.34. The lowest BCUT2D eigenvalue weighted by atomic mass is 9.61. The highest BCUT2D eigenvalue weighted by atomic mass is 16.5. The number of fused-ring (bicyclic) bond motifs is 1. The molecular weight excluding hydrogens is 302 g/mol. The minimum Gasteiger partial charge on any atom is -0.508 e. The molecule has 1 amide bonds. The van der Waals surface area contributed by atoms with Gasteiger partial charge in [-0.2, -0.15) is 0 Å². The number of carbonyl (C=O) groups excluding carboxylic acids is 1. The number of rotatable bonds is 5. The first-order valence-corrected chi connectivity index (χ1v) is 9.41. The van der Waals surface area contributed by atoms with Gasteiger partial charge in [0.15, 0.2) is 0 Å². The largest absolute Gasteiger partial charge is 0.508 e. The van der Waals surface area contributed by atoms with E-state index in [2.05, 4.69) is 5.32 Å². The Morgan fingerprint density at radius 1 is 1.25 bits per heavy atom. The molecule has 4 rings (SSSR count). The lowest BCUT2D eigenvalue weighted by Crippen LogP contribution is -2.63. The van der Waals surface area contributed by atoms with Gasteiger partial charge in [-0.15, -0.1) is 0 Å². The van der Waals surface area contributed by atoms with Gasteiger partial charge < -0.3 is 15.2 Å². The second kappa shape index (κ2) is 6.75. The lowest BCUT2D eigenvalue weighted by Gasteiger charge is -2.50. The molecule has 4 atom stereocenters. The summed E-state index contributed by atoms with van der Waals surface area (Å²) in [4.78, 5) is 12.4. The fourth-order valence-corrected chi connectivity index (χ4v) is 5.09. The SMILES string of the molecule is O=C(CCc1cccc(O)c1)N[C@@H]1[C@@H]2CCO[C@@H]2[C@@H]1C1CCCC1. The Hall–Kier alpha value is -1.55. The first-order valence-electron chi connectivity index (χ1n) is 9.41. The van der Waals surface area contributed by atoms with E-state index in [1.807, 2.05) is 12.1 Å². The molecule has 1 heterocycles. The number of amides is 1. The van der Waals surface area contributed by atoms with E-state index < -0.39 is 0 Å². The van der Waals surface area contributed by atoms with Crippen LogP contribution in [0, 0.1) is 17.8 Å². The molecule has 4 heteroatoms. The number of hydrogen-bond donors (Lipinski definition) is 2. The van der Waals surface area contributed by atoms with E-state index in [0.717, 1.165) is 24.5 Å². The third-order valence-corrected chi connectivity index (χ3v) is 6.26. The topological polar surface area (TPSA) is 58.6 Å². The summed E-state index contributed by atoms with van der Waals surface area (Å²) in [6, 6.07) is 7.49. The Labute approximate surface area is 143 Å². The minimum atomic E-state index is 0.136. The quantitative estimate of drug-likeness (QED) is 0.873. The van der Waals surface area contributed by atoms with Crippen molar-refractivity contribution in [1.82, 2.24) is 5.32 Å². The molecule has 2 N–H and O–H groups in total. The zero-order valence-electron chi connectivity index (χ0n) is 14.1. The number of benzene rings is 1. The molecule has 0 unspecified atom stereocenters. The van der Waals surface area contributed by atoms with E-state index in [0.29, 0.717) is 36.8 Å². The van der Waals surface area contributed by atoms with Crippen molar-refractivity contribution in [2.75, 3.05) is 6.61 Å². The third kappa shape index (κ3) is 3.04. The number of phenols is 1. The molecule has 0 spiro atoms. The third-order valence-electron chi connectivity index (χ3n) is 6.26. The summed E-state index contributed by atoms with van der Waals surface area (Å²) >= 11 is 0. The summed E-state index contributed by atoms with van der Waals surface area (Å²) in [5.41, 5.74) is 1.01. The second-order valence-corrected chi connectivity index (χ2v) is 7.67. The molecule has 2 saturated carbocycles. The highest BCUT2D eigenvalue weighted by Crippen LogP contribution is 2.51. The number of phenolic OH excluding ortho intramolecular Hbond substituents is 1. The zero-order valence-corrected chi connectivity index (χ0v) is 14.1. The van der Waals surface area contributed by atoms with Crippen LogP contribution in [0.1, 0.15) is 44.1 Å². The average molecular weight is 329 g/mol. The van der Waals surface area contributed by atoms with Crippen LogP contribution in [-0.4, -0.2) is 29.8 Å². The Kier molecular flexibility index (Phi) is 4.49. The molecule has 4 nitrogen and oxygen atoms in total. The summed E-state index contributed by atoms with van der Waals surface area (Å²) in [6.07, 6.45) is 7.89. The van der Waals surface area contributed by atoms with Crippen LogP contribution >= 0.6 is 0 Å². The van der Waals surface area contributed by atoms with Gasteiger partial charge in [0.25, 0.3) is 0 Å². The monoisotopic (exact) mass is 329 g/mol. The van der Waals surface area contributed by atoms with Crippen LogP contribution in [0.25, 0.3) is 0 Å². The second-order valence-electron chi connectivity index (χ2n) is 7.67. The molecule has 24 heavy (non-hydrogen) atoms. The maximum Gasteiger partial charge on any atom is 0.220 e. The maximum atomic E-state index is 12.4. The predicted molar refractivity (Wildman–Crippen MR) is 91.7 cm³/mol. The normalized spacial score (nSPS) is 32.3. The maximum absolute atomic E-state index is 12.4. The number of carbonyl (C=O) groups is 1. The molecule has 1 aromatic rings. The molecular formula is C20H27NO3. The van der Waals surface area contributed by atoms with Gasteiger partial charge in [-0.1, -0.05) is 37.8 Å². The van der Waals surface area contributed by atoms with Crippen LogP contribution in [0.2, 0.25) is 0 Å². The van der Waals surface area contributed by atoms with Gasteiger partial charge in [-0.05, 0) is 36.5 Å². The van der Waals surface area contributed by atoms with Crippen LogP contribution in [0.15, 0.2) is 24.3 Å². The Bertz CT molecular complexity index is 592. The molecule has 0 bridgehead atoms. The lowest BCUT2D eigenvalue weighted by molar-refractivity contribution is -0.129. The number of aromatic hydroxyl groups is 1. The number of aryl methyl sites for hydroxylation is 1. The summed E-state index contributed by atoms with van der Waals surface area (Å²) in [5.74, 6) is 2.20. The van der Waals surface area contributed by atoms with Gasteiger partial charge in [-0.25, -0.2) is 0 Å². The molecule has 1 aliphatic heterocycles. The van der Waals surface area contributed by atoms with Gasteiger partial charge in [-0.3, -0.25) is 4.79 Å². The van der Waals surface area contributed by atoms with Gasteiger partial charge in [0.2, 0.25) is 5.91 Å². The van der Waals surface area contributed by atoms with E-state index in [9.17, 15) is 9.90 Å². The van der Waals surface area contributed by atoms with E-state index in [1.54, 1.807) is 12.1 Å². The van der Waals surface area contributed by atoms with Crippen molar-refractivity contribution in [2.24, 2.45) is 17.8 Å². The van der Waals surface area contributed by atoms with Gasteiger partial charge >= 0.3 is 0 Å².